The lowest BCUT2D eigenvalue weighted by Gasteiger charge is -2.47. The van der Waals surface area contributed by atoms with E-state index < -0.39 is 35.3 Å². The molecule has 2 aromatic rings. The Morgan fingerprint density at radius 1 is 0.970 bits per heavy atom. The molecule has 0 bridgehead atoms. The Morgan fingerprint density at radius 3 is 2.18 bits per heavy atom. The molecule has 2 atom stereocenters. The first-order valence-electron chi connectivity index (χ1n) is 10.5. The second-order valence-corrected chi connectivity index (χ2v) is 9.79. The van der Waals surface area contributed by atoms with Crippen LogP contribution in [0.4, 0.5) is 4.79 Å². The smallest absolute Gasteiger partial charge is 0.328 e. The molecule has 4 amide bonds. The fourth-order valence-corrected chi connectivity index (χ4v) is 5.55. The number of amides is 4. The lowest BCUT2D eigenvalue weighted by molar-refractivity contribution is -0.149. The molecule has 2 heterocycles. The van der Waals surface area contributed by atoms with Gasteiger partial charge in [0.15, 0.2) is 10.6 Å². The van der Waals surface area contributed by atoms with E-state index in [0.29, 0.717) is 26.3 Å². The van der Waals surface area contributed by atoms with Crippen LogP contribution in [0.25, 0.3) is 0 Å². The first-order chi connectivity index (χ1) is 15.9. The molecule has 2 aliphatic heterocycles. The number of rotatable bonds is 5. The number of amidine groups is 1. The highest BCUT2D eigenvalue weighted by Gasteiger charge is 2.63. The third-order valence-electron chi connectivity index (χ3n) is 5.69. The lowest BCUT2D eigenvalue weighted by Crippen LogP contribution is -2.69. The van der Waals surface area contributed by atoms with E-state index in [9.17, 15) is 14.4 Å². The number of nitrogens with one attached hydrogen (secondary N) is 3. The summed E-state index contributed by atoms with van der Waals surface area (Å²) in [6.07, 6.45) is 2.00. The molecule has 1 fully saturated rings. The van der Waals surface area contributed by atoms with Crippen LogP contribution in [0, 0.1) is 5.41 Å². The summed E-state index contributed by atoms with van der Waals surface area (Å²) in [5.41, 5.74) is -0.583. The van der Waals surface area contributed by atoms with Crippen LogP contribution in [0.3, 0.4) is 0 Å². The zero-order valence-electron chi connectivity index (χ0n) is 17.7. The van der Waals surface area contributed by atoms with Crippen LogP contribution in [0.1, 0.15) is 43.0 Å². The highest BCUT2D eigenvalue weighted by molar-refractivity contribution is 8.13. The molecule has 172 valence electrons. The number of imide groups is 2. The van der Waals surface area contributed by atoms with Gasteiger partial charge in [-0.05, 0) is 41.8 Å². The molecule has 0 aromatic heterocycles. The Kier molecular flexibility index (Phi) is 6.97. The van der Waals surface area contributed by atoms with Gasteiger partial charge in [-0.1, -0.05) is 72.6 Å². The van der Waals surface area contributed by atoms with Gasteiger partial charge in [0.2, 0.25) is 11.8 Å². The van der Waals surface area contributed by atoms with Crippen molar-refractivity contribution in [3.8, 4) is 0 Å². The zero-order chi connectivity index (χ0) is 23.6. The summed E-state index contributed by atoms with van der Waals surface area (Å²) < 4.78 is 0. The van der Waals surface area contributed by atoms with E-state index in [1.165, 1.54) is 11.8 Å². The number of nitrogens with zero attached hydrogens (tertiary/aromatic N) is 1. The van der Waals surface area contributed by atoms with Gasteiger partial charge in [0.05, 0.1) is 6.04 Å². The fourth-order valence-electron chi connectivity index (χ4n) is 4.15. The Bertz CT molecular complexity index is 1120. The fraction of sp³-hybridized carbons (Fsp3) is 0.304. The number of carbonyl (C=O) groups is 3. The molecule has 3 N–H and O–H groups in total. The minimum atomic E-state index is -1.79. The van der Waals surface area contributed by atoms with Crippen LogP contribution in [-0.4, -0.2) is 28.8 Å². The van der Waals surface area contributed by atoms with Gasteiger partial charge in [-0.3, -0.25) is 25.2 Å². The topological polar surface area (TPSA) is 99.7 Å². The molecular weight excluding hydrogens is 483 g/mol. The number of halogens is 2. The molecule has 2 aliphatic rings. The van der Waals surface area contributed by atoms with Crippen molar-refractivity contribution in [1.29, 1.82) is 0 Å². The number of hydrogen-bond acceptors (Lipinski definition) is 6. The van der Waals surface area contributed by atoms with Crippen molar-refractivity contribution in [2.24, 2.45) is 10.4 Å². The van der Waals surface area contributed by atoms with Gasteiger partial charge < -0.3 is 5.32 Å². The number of thioether (sulfide) groups is 1. The molecule has 0 unspecified atom stereocenters. The first-order valence-corrected chi connectivity index (χ1v) is 12.2. The molecular formula is C23H22Cl2N4O3S. The summed E-state index contributed by atoms with van der Waals surface area (Å²) >= 11 is 14.0. The van der Waals surface area contributed by atoms with Crippen molar-refractivity contribution in [2.75, 3.05) is 5.75 Å². The molecule has 7 nitrogen and oxygen atoms in total. The van der Waals surface area contributed by atoms with E-state index in [1.54, 1.807) is 48.5 Å². The van der Waals surface area contributed by atoms with E-state index in [1.807, 2.05) is 0 Å². The van der Waals surface area contributed by atoms with Crippen LogP contribution in [0.2, 0.25) is 10.0 Å². The summed E-state index contributed by atoms with van der Waals surface area (Å²) in [5.74, 6) is -0.656. The number of barbiturate groups is 1. The number of carbonyl (C=O) groups excluding carboxylic acids is 3. The summed E-state index contributed by atoms with van der Waals surface area (Å²) in [6, 6.07) is 11.2. The molecule has 4 rings (SSSR count). The molecule has 2 aromatic carbocycles. The zero-order valence-corrected chi connectivity index (χ0v) is 20.1. The summed E-state index contributed by atoms with van der Waals surface area (Å²) in [5, 5.41) is 9.35. The lowest BCUT2D eigenvalue weighted by atomic mass is 9.66. The second-order valence-electron chi connectivity index (χ2n) is 7.83. The number of urea groups is 1. The third kappa shape index (κ3) is 4.47. The van der Waals surface area contributed by atoms with Crippen molar-refractivity contribution in [1.82, 2.24) is 16.0 Å². The van der Waals surface area contributed by atoms with E-state index >= 15 is 0 Å². The Morgan fingerprint density at radius 2 is 1.58 bits per heavy atom. The van der Waals surface area contributed by atoms with Gasteiger partial charge in [-0.25, -0.2) is 4.79 Å². The summed E-state index contributed by atoms with van der Waals surface area (Å²) in [6.45, 7) is 2.10. The average Bonchev–Trinajstić information content (AvgIpc) is 2.77. The number of hydrogen-bond donors (Lipinski definition) is 3. The summed E-state index contributed by atoms with van der Waals surface area (Å²) in [4.78, 5) is 43.8. The molecule has 1 spiro atoms. The number of unbranched alkanes of at least 4 members (excludes halogenated alkanes) is 1. The number of benzene rings is 2. The van der Waals surface area contributed by atoms with Crippen molar-refractivity contribution < 1.29 is 14.4 Å². The maximum atomic E-state index is 13.5. The van der Waals surface area contributed by atoms with Gasteiger partial charge in [-0.15, -0.1) is 0 Å². The first kappa shape index (κ1) is 23.6. The van der Waals surface area contributed by atoms with Crippen LogP contribution in [0.15, 0.2) is 53.5 Å². The quantitative estimate of drug-likeness (QED) is 0.407. The summed E-state index contributed by atoms with van der Waals surface area (Å²) in [7, 11) is 0. The van der Waals surface area contributed by atoms with Gasteiger partial charge in [0.1, 0.15) is 6.04 Å². The van der Waals surface area contributed by atoms with Gasteiger partial charge in [0, 0.05) is 15.8 Å². The highest BCUT2D eigenvalue weighted by Crippen LogP contribution is 2.51. The highest BCUT2D eigenvalue weighted by atomic mass is 35.5. The maximum absolute atomic E-state index is 13.5. The molecule has 10 heteroatoms. The van der Waals surface area contributed by atoms with Crippen molar-refractivity contribution in [2.45, 2.75) is 31.8 Å². The predicted molar refractivity (Wildman–Crippen MR) is 130 cm³/mol. The maximum Gasteiger partial charge on any atom is 0.328 e. The molecule has 1 saturated heterocycles. The van der Waals surface area contributed by atoms with Crippen LogP contribution in [-0.2, 0) is 9.59 Å². The third-order valence-corrected chi connectivity index (χ3v) is 7.15. The monoisotopic (exact) mass is 504 g/mol. The number of aliphatic imine (C=N–C) groups is 1. The Labute approximate surface area is 205 Å². The van der Waals surface area contributed by atoms with Gasteiger partial charge >= 0.3 is 6.03 Å². The Balaban J connectivity index is 1.94. The van der Waals surface area contributed by atoms with E-state index in [2.05, 4.69) is 22.9 Å². The van der Waals surface area contributed by atoms with E-state index in [4.69, 9.17) is 28.2 Å². The predicted octanol–water partition coefficient (Wildman–Crippen LogP) is 4.62. The minimum Gasteiger partial charge on any atom is -0.356 e. The second kappa shape index (κ2) is 9.75. The molecule has 0 saturated carbocycles. The SMILES string of the molecule is CCCCSC1=N[C@H](c2cccc(Cl)c2)C2(C(=O)NC(=O)NC2=O)[C@@H](c2cccc(Cl)c2)N1. The van der Waals surface area contributed by atoms with Crippen molar-refractivity contribution in [3.05, 3.63) is 69.7 Å². The standard InChI is InChI=1S/C23H22Cl2N4O3S/c1-2-3-10-33-22-26-17(13-6-4-8-15(24)11-13)23(19(30)28-21(32)29-20(23)31)18(27-22)14-7-5-9-16(25)12-14/h4-9,11-12,17-18H,2-3,10H2,1H3,(H,26,27)(H2,28,29,30,31,32)/t17-,18-/m1/s1. The van der Waals surface area contributed by atoms with Crippen molar-refractivity contribution in [3.63, 3.8) is 0 Å². The van der Waals surface area contributed by atoms with Crippen LogP contribution >= 0.6 is 35.0 Å². The average molecular weight is 505 g/mol. The van der Waals surface area contributed by atoms with Gasteiger partial charge in [0.25, 0.3) is 0 Å². The van der Waals surface area contributed by atoms with Gasteiger partial charge in [-0.2, -0.15) is 0 Å². The van der Waals surface area contributed by atoms with Crippen molar-refractivity contribution >= 4 is 58.0 Å². The molecule has 0 radical (unpaired) electrons. The minimum absolute atomic E-state index is 0.448. The van der Waals surface area contributed by atoms with Crippen LogP contribution in [0.5, 0.6) is 0 Å². The Hall–Kier alpha value is -2.55. The normalized spacial score (nSPS) is 21.8. The molecule has 33 heavy (non-hydrogen) atoms. The largest absolute Gasteiger partial charge is 0.356 e. The van der Waals surface area contributed by atoms with Crippen LogP contribution < -0.4 is 16.0 Å². The molecule has 0 aliphatic carbocycles. The van der Waals surface area contributed by atoms with E-state index in [-0.39, 0.29) is 0 Å². The van der Waals surface area contributed by atoms with E-state index in [0.717, 1.165) is 18.6 Å².